The molecule has 0 unspecified atom stereocenters. The number of rotatable bonds is 5. The highest BCUT2D eigenvalue weighted by molar-refractivity contribution is 6.36. The van der Waals surface area contributed by atoms with Crippen LogP contribution in [0.4, 0.5) is 0 Å². The number of benzene rings is 2. The normalized spacial score (nSPS) is 11.8. The van der Waals surface area contributed by atoms with Crippen molar-refractivity contribution in [2.24, 2.45) is 0 Å². The van der Waals surface area contributed by atoms with Crippen LogP contribution in [0.5, 0.6) is 0 Å². The Hall–Kier alpha value is -2.36. The van der Waals surface area contributed by atoms with Gasteiger partial charge in [-0.2, -0.15) is 0 Å². The molecule has 3 aromatic rings. The van der Waals surface area contributed by atoms with Gasteiger partial charge >= 0.3 is 0 Å². The van der Waals surface area contributed by atoms with Gasteiger partial charge in [0, 0.05) is 22.4 Å². The first-order chi connectivity index (χ1) is 12.1. The molecule has 0 aliphatic carbocycles. The van der Waals surface area contributed by atoms with Crippen molar-refractivity contribution in [2.75, 3.05) is 0 Å². The van der Waals surface area contributed by atoms with Crippen molar-refractivity contribution in [2.45, 2.75) is 12.5 Å². The van der Waals surface area contributed by atoms with Crippen molar-refractivity contribution in [3.63, 3.8) is 0 Å². The van der Waals surface area contributed by atoms with Gasteiger partial charge < -0.3 is 5.32 Å². The summed E-state index contributed by atoms with van der Waals surface area (Å²) in [5, 5.41) is 4.05. The van der Waals surface area contributed by atoms with Crippen LogP contribution in [0.3, 0.4) is 0 Å². The molecule has 0 radical (unpaired) electrons. The van der Waals surface area contributed by atoms with E-state index in [1.165, 1.54) is 0 Å². The minimum atomic E-state index is -0.266. The Bertz CT molecular complexity index is 794. The molecule has 1 N–H and O–H groups in total. The Morgan fingerprint density at radius 1 is 0.880 bits per heavy atom. The first-order valence-corrected chi connectivity index (χ1v) is 8.58. The van der Waals surface area contributed by atoms with Gasteiger partial charge in [0.05, 0.1) is 12.5 Å². The number of nitrogens with zero attached hydrogens (tertiary/aromatic N) is 1. The maximum Gasteiger partial charge on any atom is 0.225 e. The number of carbonyl (C=O) groups excluding carboxylic acids is 1. The molecule has 1 atom stereocenters. The number of amides is 1. The van der Waals surface area contributed by atoms with Crippen LogP contribution in [0.1, 0.15) is 22.7 Å². The summed E-state index contributed by atoms with van der Waals surface area (Å²) in [6.45, 7) is 0. The molecule has 0 bridgehead atoms. The first-order valence-electron chi connectivity index (χ1n) is 7.82. The van der Waals surface area contributed by atoms with Gasteiger partial charge in [-0.05, 0) is 41.0 Å². The highest BCUT2D eigenvalue weighted by Gasteiger charge is 2.18. The van der Waals surface area contributed by atoms with Crippen LogP contribution in [-0.2, 0) is 11.2 Å². The highest BCUT2D eigenvalue weighted by Crippen LogP contribution is 2.26. The van der Waals surface area contributed by atoms with E-state index in [1.807, 2.05) is 42.5 Å². The number of nitrogens with one attached hydrogen (secondary N) is 1. The molecule has 0 saturated carbocycles. The summed E-state index contributed by atoms with van der Waals surface area (Å²) in [7, 11) is 0. The van der Waals surface area contributed by atoms with Gasteiger partial charge in [0.15, 0.2) is 0 Å². The molecule has 3 rings (SSSR count). The molecule has 5 heteroatoms. The summed E-state index contributed by atoms with van der Waals surface area (Å²) in [6.07, 6.45) is 3.54. The van der Waals surface area contributed by atoms with Crippen molar-refractivity contribution < 1.29 is 4.79 Å². The molecule has 126 valence electrons. The fourth-order valence-electron chi connectivity index (χ4n) is 2.63. The molecule has 1 aromatic heterocycles. The monoisotopic (exact) mass is 370 g/mol. The number of hydrogen-bond donors (Lipinski definition) is 1. The molecule has 0 spiro atoms. The second kappa shape index (κ2) is 8.15. The number of carbonyl (C=O) groups is 1. The number of hydrogen-bond acceptors (Lipinski definition) is 2. The Kier molecular flexibility index (Phi) is 5.69. The van der Waals surface area contributed by atoms with Crippen LogP contribution in [0, 0.1) is 0 Å². The average molecular weight is 371 g/mol. The predicted octanol–water partition coefficient (Wildman–Crippen LogP) is 4.84. The lowest BCUT2D eigenvalue weighted by molar-refractivity contribution is -0.120. The van der Waals surface area contributed by atoms with Crippen molar-refractivity contribution in [3.05, 3.63) is 99.8 Å². The van der Waals surface area contributed by atoms with Gasteiger partial charge in [0.2, 0.25) is 5.91 Å². The van der Waals surface area contributed by atoms with Crippen LogP contribution in [0.15, 0.2) is 73.1 Å². The Labute approximate surface area is 156 Å². The summed E-state index contributed by atoms with van der Waals surface area (Å²) >= 11 is 12.3. The average Bonchev–Trinajstić information content (AvgIpc) is 2.64. The Morgan fingerprint density at radius 3 is 2.12 bits per heavy atom. The first kappa shape index (κ1) is 17.5. The van der Waals surface area contributed by atoms with Gasteiger partial charge in [0.25, 0.3) is 0 Å². The predicted molar refractivity (Wildman–Crippen MR) is 101 cm³/mol. The molecule has 2 aromatic carbocycles. The van der Waals surface area contributed by atoms with E-state index in [4.69, 9.17) is 23.2 Å². The molecule has 25 heavy (non-hydrogen) atoms. The molecule has 3 nitrogen and oxygen atoms in total. The van der Waals surface area contributed by atoms with E-state index in [9.17, 15) is 4.79 Å². The van der Waals surface area contributed by atoms with Crippen molar-refractivity contribution >= 4 is 29.1 Å². The molecule has 0 saturated heterocycles. The summed E-state index contributed by atoms with van der Waals surface area (Å²) in [5.41, 5.74) is 2.58. The standard InChI is InChI=1S/C20H16Cl2N2O/c21-17-7-4-8-18(22)16(17)13-19(25)24-20(14-5-2-1-3-6-14)15-9-11-23-12-10-15/h1-12,20H,13H2,(H,24,25)/t20-/m0/s1. The minimum Gasteiger partial charge on any atom is -0.345 e. The van der Waals surface area contributed by atoms with E-state index in [1.54, 1.807) is 30.6 Å². The van der Waals surface area contributed by atoms with Crippen LogP contribution in [-0.4, -0.2) is 10.9 Å². The molecule has 0 aliphatic rings. The smallest absolute Gasteiger partial charge is 0.225 e. The molecular formula is C20H16Cl2N2O. The molecule has 0 aliphatic heterocycles. The van der Waals surface area contributed by atoms with E-state index in [-0.39, 0.29) is 18.4 Å². The van der Waals surface area contributed by atoms with Crippen molar-refractivity contribution in [3.8, 4) is 0 Å². The SMILES string of the molecule is O=C(Cc1c(Cl)cccc1Cl)N[C@@H](c1ccccc1)c1ccncc1. The van der Waals surface area contributed by atoms with Crippen molar-refractivity contribution in [1.82, 2.24) is 10.3 Å². The van der Waals surface area contributed by atoms with Crippen molar-refractivity contribution in [1.29, 1.82) is 0 Å². The number of aromatic nitrogens is 1. The molecule has 0 fully saturated rings. The lowest BCUT2D eigenvalue weighted by Gasteiger charge is -2.20. The third-order valence-electron chi connectivity index (χ3n) is 3.88. The van der Waals surface area contributed by atoms with Gasteiger partial charge in [-0.3, -0.25) is 9.78 Å². The van der Waals surface area contributed by atoms with Crippen LogP contribution in [0.2, 0.25) is 10.0 Å². The van der Waals surface area contributed by atoms with Crippen LogP contribution >= 0.6 is 23.2 Å². The highest BCUT2D eigenvalue weighted by atomic mass is 35.5. The molecule has 1 amide bonds. The van der Waals surface area contributed by atoms with E-state index < -0.39 is 0 Å². The van der Waals surface area contributed by atoms with Gasteiger partial charge in [-0.15, -0.1) is 0 Å². The summed E-state index contributed by atoms with van der Waals surface area (Å²) in [6, 6.07) is 18.5. The zero-order valence-electron chi connectivity index (χ0n) is 13.3. The lowest BCUT2D eigenvalue weighted by Crippen LogP contribution is -2.30. The largest absolute Gasteiger partial charge is 0.345 e. The fourth-order valence-corrected chi connectivity index (χ4v) is 3.17. The third-order valence-corrected chi connectivity index (χ3v) is 4.58. The zero-order chi connectivity index (χ0) is 17.6. The minimum absolute atomic E-state index is 0.118. The second-order valence-electron chi connectivity index (χ2n) is 5.57. The van der Waals surface area contributed by atoms with E-state index in [0.717, 1.165) is 11.1 Å². The summed E-state index contributed by atoms with van der Waals surface area (Å²) in [4.78, 5) is 16.7. The molecule has 1 heterocycles. The van der Waals surface area contributed by atoms with E-state index >= 15 is 0 Å². The lowest BCUT2D eigenvalue weighted by atomic mass is 9.99. The van der Waals surface area contributed by atoms with Gasteiger partial charge in [-0.25, -0.2) is 0 Å². The topological polar surface area (TPSA) is 42.0 Å². The van der Waals surface area contributed by atoms with E-state index in [0.29, 0.717) is 15.6 Å². The van der Waals surface area contributed by atoms with Gasteiger partial charge in [-0.1, -0.05) is 59.6 Å². The fraction of sp³-hybridized carbons (Fsp3) is 0.100. The van der Waals surface area contributed by atoms with Crippen LogP contribution < -0.4 is 5.32 Å². The van der Waals surface area contributed by atoms with Gasteiger partial charge in [0.1, 0.15) is 0 Å². The summed E-state index contributed by atoms with van der Waals surface area (Å²) in [5.74, 6) is -0.152. The molecular weight excluding hydrogens is 355 g/mol. The number of pyridine rings is 1. The second-order valence-corrected chi connectivity index (χ2v) is 6.38. The number of halogens is 2. The third kappa shape index (κ3) is 4.38. The van der Waals surface area contributed by atoms with E-state index in [2.05, 4.69) is 10.3 Å². The maximum atomic E-state index is 12.6. The van der Waals surface area contributed by atoms with Crippen LogP contribution in [0.25, 0.3) is 0 Å². The quantitative estimate of drug-likeness (QED) is 0.698. The Morgan fingerprint density at radius 2 is 1.48 bits per heavy atom. The maximum absolute atomic E-state index is 12.6. The summed E-state index contributed by atoms with van der Waals surface area (Å²) < 4.78 is 0. The zero-order valence-corrected chi connectivity index (χ0v) is 14.8. The Balaban J connectivity index is 1.84.